The summed E-state index contributed by atoms with van der Waals surface area (Å²) in [7, 11) is 0. The van der Waals surface area contributed by atoms with E-state index in [9.17, 15) is 14.4 Å². The Labute approximate surface area is 185 Å². The molecular formula is C25H36O6. The maximum Gasteiger partial charge on any atom is 0.302 e. The third-order valence-corrected chi connectivity index (χ3v) is 8.82. The van der Waals surface area contributed by atoms with Crippen LogP contribution in [0.4, 0.5) is 0 Å². The molecule has 0 aromatic carbocycles. The number of carbonyl (C=O) groups excluding carboxylic acids is 3. The van der Waals surface area contributed by atoms with Gasteiger partial charge in [-0.05, 0) is 62.7 Å². The maximum absolute atomic E-state index is 11.8. The van der Waals surface area contributed by atoms with Gasteiger partial charge >= 0.3 is 17.9 Å². The van der Waals surface area contributed by atoms with Gasteiger partial charge in [-0.15, -0.1) is 0 Å². The average Bonchev–Trinajstić information content (AvgIpc) is 3.01. The van der Waals surface area contributed by atoms with Crippen LogP contribution in [0.15, 0.2) is 11.6 Å². The van der Waals surface area contributed by atoms with E-state index in [4.69, 9.17) is 14.2 Å². The van der Waals surface area contributed by atoms with E-state index in [1.54, 1.807) is 0 Å². The third-order valence-electron chi connectivity index (χ3n) is 8.82. The van der Waals surface area contributed by atoms with Gasteiger partial charge < -0.3 is 14.2 Å². The highest BCUT2D eigenvalue weighted by molar-refractivity contribution is 5.67. The zero-order valence-corrected chi connectivity index (χ0v) is 19.3. The van der Waals surface area contributed by atoms with Crippen LogP contribution in [0.3, 0.4) is 0 Å². The molecule has 6 heteroatoms. The van der Waals surface area contributed by atoms with Crippen molar-refractivity contribution in [2.24, 2.45) is 28.6 Å². The predicted octanol–water partition coefficient (Wildman–Crippen LogP) is 4.36. The van der Waals surface area contributed by atoms with Gasteiger partial charge in [-0.1, -0.05) is 18.6 Å². The van der Waals surface area contributed by atoms with Crippen LogP contribution in [0.5, 0.6) is 0 Å². The van der Waals surface area contributed by atoms with Crippen LogP contribution < -0.4 is 0 Å². The number of esters is 3. The molecule has 172 valence electrons. The lowest BCUT2D eigenvalue weighted by Gasteiger charge is -2.60. The van der Waals surface area contributed by atoms with Crippen LogP contribution in [-0.2, 0) is 28.6 Å². The van der Waals surface area contributed by atoms with Crippen LogP contribution in [0.1, 0.15) is 79.1 Å². The number of fused-ring (bicyclic) bond motifs is 5. The molecule has 6 nitrogen and oxygen atoms in total. The zero-order valence-electron chi connectivity index (χ0n) is 19.3. The molecule has 0 aromatic rings. The highest BCUT2D eigenvalue weighted by atomic mass is 16.5. The highest BCUT2D eigenvalue weighted by Gasteiger charge is 2.60. The number of rotatable bonds is 4. The van der Waals surface area contributed by atoms with E-state index in [1.165, 1.54) is 26.3 Å². The van der Waals surface area contributed by atoms with Crippen molar-refractivity contribution in [1.82, 2.24) is 0 Å². The zero-order chi connectivity index (χ0) is 22.4. The van der Waals surface area contributed by atoms with Gasteiger partial charge in [0, 0.05) is 38.0 Å². The number of hydrogen-bond donors (Lipinski definition) is 0. The summed E-state index contributed by atoms with van der Waals surface area (Å²) in [5, 5.41) is 0. The van der Waals surface area contributed by atoms with Crippen LogP contribution in [-0.4, -0.2) is 36.7 Å². The van der Waals surface area contributed by atoms with Crippen LogP contribution in [0, 0.1) is 28.6 Å². The van der Waals surface area contributed by atoms with Crippen molar-refractivity contribution < 1.29 is 28.6 Å². The van der Waals surface area contributed by atoms with Crippen LogP contribution in [0.2, 0.25) is 0 Å². The van der Waals surface area contributed by atoms with Gasteiger partial charge in [0.1, 0.15) is 12.2 Å². The number of hydrogen-bond acceptors (Lipinski definition) is 6. The van der Waals surface area contributed by atoms with Gasteiger partial charge in [0.25, 0.3) is 0 Å². The topological polar surface area (TPSA) is 78.9 Å². The van der Waals surface area contributed by atoms with Crippen LogP contribution in [0.25, 0.3) is 0 Å². The molecule has 0 spiro atoms. The van der Waals surface area contributed by atoms with Gasteiger partial charge in [0.05, 0.1) is 6.61 Å². The Morgan fingerprint density at radius 3 is 2.39 bits per heavy atom. The third kappa shape index (κ3) is 3.91. The van der Waals surface area contributed by atoms with Gasteiger partial charge in [0.15, 0.2) is 0 Å². The summed E-state index contributed by atoms with van der Waals surface area (Å²) in [4.78, 5) is 34.9. The van der Waals surface area contributed by atoms with E-state index in [1.807, 2.05) is 0 Å². The molecule has 0 saturated heterocycles. The molecule has 3 fully saturated rings. The van der Waals surface area contributed by atoms with Crippen molar-refractivity contribution in [2.45, 2.75) is 91.3 Å². The van der Waals surface area contributed by atoms with Crippen molar-refractivity contribution in [2.75, 3.05) is 6.61 Å². The van der Waals surface area contributed by atoms with E-state index in [-0.39, 0.29) is 40.9 Å². The van der Waals surface area contributed by atoms with Crippen molar-refractivity contribution in [3.8, 4) is 0 Å². The van der Waals surface area contributed by atoms with Crippen molar-refractivity contribution >= 4 is 17.9 Å². The van der Waals surface area contributed by atoms with Crippen LogP contribution >= 0.6 is 0 Å². The summed E-state index contributed by atoms with van der Waals surface area (Å²) in [5.74, 6) is 0.625. The Kier molecular flexibility index (Phi) is 5.95. The molecule has 0 aromatic heterocycles. The van der Waals surface area contributed by atoms with E-state index in [0.717, 1.165) is 51.4 Å². The van der Waals surface area contributed by atoms with Crippen molar-refractivity contribution in [1.29, 1.82) is 0 Å². The minimum atomic E-state index is -0.229. The molecule has 0 unspecified atom stereocenters. The second-order valence-electron chi connectivity index (χ2n) is 10.5. The largest absolute Gasteiger partial charge is 0.465 e. The van der Waals surface area contributed by atoms with Gasteiger partial charge in [0.2, 0.25) is 0 Å². The Bertz CT molecular complexity index is 787. The fraction of sp³-hybridized carbons (Fsp3) is 0.800. The van der Waals surface area contributed by atoms with E-state index in [0.29, 0.717) is 24.4 Å². The fourth-order valence-corrected chi connectivity index (χ4v) is 7.54. The smallest absolute Gasteiger partial charge is 0.302 e. The standard InChI is InChI=1S/C25H36O6/c1-15(26)29-14-25-12-9-19(30-16(2)27)13-18(25)5-6-20-21-7-8-23(31-17(3)28)24(21,4)11-10-22(20)25/h7,18-20,22-23H,5-6,8-14H2,1-4H3/t18-,19-,20-,22-,23-,24-,25+/m0/s1. The number of ether oxygens (including phenoxy) is 3. The van der Waals surface area contributed by atoms with Gasteiger partial charge in [-0.2, -0.15) is 0 Å². The first-order valence-corrected chi connectivity index (χ1v) is 11.8. The second kappa shape index (κ2) is 8.25. The quantitative estimate of drug-likeness (QED) is 0.373. The lowest BCUT2D eigenvalue weighted by molar-refractivity contribution is -0.171. The SMILES string of the molecule is CC(=O)OC[C@]12CC[C@H](OC(C)=O)C[C@@H]1CC[C@H]1C3=CC[C@H](OC(C)=O)[C@@]3(C)CC[C@@H]12. The molecule has 3 saturated carbocycles. The predicted molar refractivity (Wildman–Crippen MR) is 114 cm³/mol. The molecule has 0 amide bonds. The highest BCUT2D eigenvalue weighted by Crippen LogP contribution is 2.65. The van der Waals surface area contributed by atoms with Gasteiger partial charge in [-0.25, -0.2) is 0 Å². The summed E-state index contributed by atoms with van der Waals surface area (Å²) in [6, 6.07) is 0. The molecular weight excluding hydrogens is 396 g/mol. The normalized spacial score (nSPS) is 41.2. The summed E-state index contributed by atoms with van der Waals surface area (Å²) in [6.45, 7) is 7.17. The summed E-state index contributed by atoms with van der Waals surface area (Å²) < 4.78 is 17.0. The molecule has 4 aliphatic carbocycles. The first kappa shape index (κ1) is 22.3. The molecule has 4 aliphatic rings. The Morgan fingerprint density at radius 1 is 0.968 bits per heavy atom. The average molecular weight is 433 g/mol. The minimum absolute atomic E-state index is 0.0302. The molecule has 0 heterocycles. The molecule has 0 N–H and O–H groups in total. The molecule has 7 atom stereocenters. The second-order valence-corrected chi connectivity index (χ2v) is 10.5. The monoisotopic (exact) mass is 432 g/mol. The lowest BCUT2D eigenvalue weighted by Crippen LogP contribution is -2.56. The lowest BCUT2D eigenvalue weighted by atomic mass is 9.46. The molecule has 0 bridgehead atoms. The first-order chi connectivity index (χ1) is 14.7. The Morgan fingerprint density at radius 2 is 1.71 bits per heavy atom. The van der Waals surface area contributed by atoms with E-state index >= 15 is 0 Å². The summed E-state index contributed by atoms with van der Waals surface area (Å²) in [5.41, 5.74) is 1.31. The van der Waals surface area contributed by atoms with E-state index < -0.39 is 0 Å². The maximum atomic E-state index is 11.8. The molecule has 0 aliphatic heterocycles. The molecule has 31 heavy (non-hydrogen) atoms. The van der Waals surface area contributed by atoms with Crippen molar-refractivity contribution in [3.63, 3.8) is 0 Å². The summed E-state index contributed by atoms with van der Waals surface area (Å²) >= 11 is 0. The molecule has 4 rings (SSSR count). The minimum Gasteiger partial charge on any atom is -0.465 e. The van der Waals surface area contributed by atoms with Gasteiger partial charge in [-0.3, -0.25) is 14.4 Å². The summed E-state index contributed by atoms with van der Waals surface area (Å²) in [6.07, 6.45) is 9.81. The Hall–Kier alpha value is -1.85. The van der Waals surface area contributed by atoms with Crippen molar-refractivity contribution in [3.05, 3.63) is 11.6 Å². The number of carbonyl (C=O) groups is 3. The Balaban J connectivity index is 1.60. The first-order valence-electron chi connectivity index (χ1n) is 11.8. The molecule has 0 radical (unpaired) electrons. The fourth-order valence-electron chi connectivity index (χ4n) is 7.54. The van der Waals surface area contributed by atoms with E-state index in [2.05, 4.69) is 13.0 Å².